The van der Waals surface area contributed by atoms with Crippen LogP contribution in [0, 0.1) is 0 Å². The number of hydrogen-bond acceptors (Lipinski definition) is 2. The van der Waals surface area contributed by atoms with E-state index in [-0.39, 0.29) is 5.97 Å². The van der Waals surface area contributed by atoms with Gasteiger partial charge in [-0.3, -0.25) is 0 Å². The van der Waals surface area contributed by atoms with Crippen molar-refractivity contribution in [2.24, 2.45) is 0 Å². The lowest BCUT2D eigenvalue weighted by Gasteiger charge is -2.08. The van der Waals surface area contributed by atoms with Gasteiger partial charge in [0.2, 0.25) is 0 Å². The lowest BCUT2D eigenvalue weighted by atomic mass is 10.1. The van der Waals surface area contributed by atoms with Crippen LogP contribution in [-0.4, -0.2) is 17.1 Å². The van der Waals surface area contributed by atoms with Crippen LogP contribution >= 0.6 is 0 Å². The Morgan fingerprint density at radius 3 is 2.61 bits per heavy atom. The fourth-order valence-electron chi connectivity index (χ4n) is 2.06. The third-order valence-corrected chi connectivity index (χ3v) is 3.07. The van der Waals surface area contributed by atoms with Crippen molar-refractivity contribution in [2.45, 2.75) is 58.9 Å². The van der Waals surface area contributed by atoms with Crippen molar-refractivity contribution in [3.8, 4) is 0 Å². The average Bonchev–Trinajstić information content (AvgIpc) is 2.82. The van der Waals surface area contributed by atoms with E-state index in [0.29, 0.717) is 12.3 Å². The summed E-state index contributed by atoms with van der Waals surface area (Å²) in [6, 6.07) is 3.73. The summed E-state index contributed by atoms with van der Waals surface area (Å²) in [4.78, 5) is 11.7. The molecule has 3 heteroatoms. The van der Waals surface area contributed by atoms with Crippen LogP contribution in [0.1, 0.15) is 62.9 Å². The van der Waals surface area contributed by atoms with E-state index in [2.05, 4.69) is 6.92 Å². The SMILES string of the molecule is CCCCCCCCn1cccc1C(=O)OCC. The number of ether oxygens (including phenoxy) is 1. The Morgan fingerprint density at radius 1 is 1.17 bits per heavy atom. The number of rotatable bonds is 9. The van der Waals surface area contributed by atoms with Crippen molar-refractivity contribution in [1.29, 1.82) is 0 Å². The minimum atomic E-state index is -0.214. The van der Waals surface area contributed by atoms with Crippen LogP contribution < -0.4 is 0 Å². The molecule has 0 aliphatic rings. The van der Waals surface area contributed by atoms with Crippen LogP contribution in [0.5, 0.6) is 0 Å². The molecule has 102 valence electrons. The molecular formula is C15H25NO2. The van der Waals surface area contributed by atoms with Gasteiger partial charge in [-0.25, -0.2) is 4.79 Å². The number of carbonyl (C=O) groups excluding carboxylic acids is 1. The van der Waals surface area contributed by atoms with Gasteiger partial charge in [-0.15, -0.1) is 0 Å². The van der Waals surface area contributed by atoms with Crippen molar-refractivity contribution in [3.05, 3.63) is 24.0 Å². The normalized spacial score (nSPS) is 10.6. The van der Waals surface area contributed by atoms with Gasteiger partial charge in [0.15, 0.2) is 0 Å². The van der Waals surface area contributed by atoms with Gasteiger partial charge in [0.05, 0.1) is 6.61 Å². The maximum absolute atomic E-state index is 11.7. The van der Waals surface area contributed by atoms with Gasteiger partial charge in [0.1, 0.15) is 5.69 Å². The van der Waals surface area contributed by atoms with Crippen molar-refractivity contribution in [1.82, 2.24) is 4.57 Å². The molecule has 18 heavy (non-hydrogen) atoms. The molecule has 0 aliphatic heterocycles. The minimum Gasteiger partial charge on any atom is -0.461 e. The zero-order chi connectivity index (χ0) is 13.2. The quantitative estimate of drug-likeness (QED) is 0.490. The summed E-state index contributed by atoms with van der Waals surface area (Å²) in [7, 11) is 0. The zero-order valence-corrected chi connectivity index (χ0v) is 11.7. The van der Waals surface area contributed by atoms with Crippen molar-refractivity contribution >= 4 is 5.97 Å². The summed E-state index contributed by atoms with van der Waals surface area (Å²) in [5.74, 6) is -0.214. The Kier molecular flexibility index (Phi) is 7.23. The van der Waals surface area contributed by atoms with Crippen molar-refractivity contribution in [2.75, 3.05) is 6.61 Å². The highest BCUT2D eigenvalue weighted by molar-refractivity contribution is 5.87. The Labute approximate surface area is 110 Å². The highest BCUT2D eigenvalue weighted by Crippen LogP contribution is 2.09. The van der Waals surface area contributed by atoms with Crippen molar-refractivity contribution in [3.63, 3.8) is 0 Å². The van der Waals surface area contributed by atoms with Gasteiger partial charge in [-0.05, 0) is 25.5 Å². The molecule has 0 saturated heterocycles. The van der Waals surface area contributed by atoms with Gasteiger partial charge in [-0.1, -0.05) is 39.0 Å². The minimum absolute atomic E-state index is 0.214. The Bertz CT molecular complexity index is 344. The summed E-state index contributed by atoms with van der Waals surface area (Å²) in [5, 5.41) is 0. The van der Waals surface area contributed by atoms with Crippen LogP contribution in [0.4, 0.5) is 0 Å². The lowest BCUT2D eigenvalue weighted by molar-refractivity contribution is 0.0513. The Hall–Kier alpha value is -1.25. The zero-order valence-electron chi connectivity index (χ0n) is 11.7. The molecule has 1 aromatic heterocycles. The van der Waals surface area contributed by atoms with E-state index in [4.69, 9.17) is 4.74 Å². The molecule has 0 radical (unpaired) electrons. The molecule has 1 rings (SSSR count). The highest BCUT2D eigenvalue weighted by atomic mass is 16.5. The van der Waals surface area contributed by atoms with Crippen molar-refractivity contribution < 1.29 is 9.53 Å². The molecule has 0 bridgehead atoms. The smallest absolute Gasteiger partial charge is 0.354 e. The maximum atomic E-state index is 11.7. The Morgan fingerprint density at radius 2 is 1.89 bits per heavy atom. The number of nitrogens with zero attached hydrogens (tertiary/aromatic N) is 1. The summed E-state index contributed by atoms with van der Waals surface area (Å²) in [6.45, 7) is 5.40. The predicted molar refractivity (Wildman–Crippen MR) is 73.8 cm³/mol. The number of esters is 1. The van der Waals surface area contributed by atoms with Crippen LogP contribution in [0.25, 0.3) is 0 Å². The first kappa shape index (κ1) is 14.8. The molecule has 0 saturated carbocycles. The van der Waals surface area contributed by atoms with Gasteiger partial charge in [0, 0.05) is 12.7 Å². The van der Waals surface area contributed by atoms with E-state index in [9.17, 15) is 4.79 Å². The summed E-state index contributed by atoms with van der Waals surface area (Å²) in [6.07, 6.45) is 9.56. The van der Waals surface area contributed by atoms with Crippen LogP contribution in [-0.2, 0) is 11.3 Å². The molecule has 3 nitrogen and oxygen atoms in total. The molecule has 0 spiro atoms. The maximum Gasteiger partial charge on any atom is 0.354 e. The van der Waals surface area contributed by atoms with Gasteiger partial charge in [-0.2, -0.15) is 0 Å². The number of aryl methyl sites for hydroxylation is 1. The summed E-state index contributed by atoms with van der Waals surface area (Å²) >= 11 is 0. The number of unbranched alkanes of at least 4 members (excludes halogenated alkanes) is 5. The first-order chi connectivity index (χ1) is 8.79. The van der Waals surface area contributed by atoms with Gasteiger partial charge >= 0.3 is 5.97 Å². The molecule has 0 aliphatic carbocycles. The number of carbonyl (C=O) groups is 1. The topological polar surface area (TPSA) is 31.2 Å². The summed E-state index contributed by atoms with van der Waals surface area (Å²) in [5.41, 5.74) is 0.672. The second-order valence-electron chi connectivity index (χ2n) is 4.58. The number of hydrogen-bond donors (Lipinski definition) is 0. The van der Waals surface area contributed by atoms with E-state index in [0.717, 1.165) is 13.0 Å². The molecule has 0 unspecified atom stereocenters. The molecule has 1 aromatic rings. The second kappa shape index (κ2) is 8.78. The first-order valence-corrected chi connectivity index (χ1v) is 7.11. The average molecular weight is 251 g/mol. The molecule has 0 N–H and O–H groups in total. The highest BCUT2D eigenvalue weighted by Gasteiger charge is 2.10. The molecule has 0 aromatic carbocycles. The largest absolute Gasteiger partial charge is 0.461 e. The van der Waals surface area contributed by atoms with Gasteiger partial charge in [0.25, 0.3) is 0 Å². The Balaban J connectivity index is 2.30. The standard InChI is InChI=1S/C15H25NO2/c1-3-5-6-7-8-9-12-16-13-10-11-14(16)15(17)18-4-2/h10-11,13H,3-9,12H2,1-2H3. The van der Waals surface area contributed by atoms with E-state index in [1.807, 2.05) is 29.8 Å². The van der Waals surface area contributed by atoms with Crippen LogP contribution in [0.3, 0.4) is 0 Å². The second-order valence-corrected chi connectivity index (χ2v) is 4.58. The van der Waals surface area contributed by atoms with Gasteiger partial charge < -0.3 is 9.30 Å². The van der Waals surface area contributed by atoms with E-state index < -0.39 is 0 Å². The van der Waals surface area contributed by atoms with E-state index in [1.54, 1.807) is 0 Å². The third-order valence-electron chi connectivity index (χ3n) is 3.07. The van der Waals surface area contributed by atoms with E-state index >= 15 is 0 Å². The summed E-state index contributed by atoms with van der Waals surface area (Å²) < 4.78 is 7.02. The fourth-order valence-corrected chi connectivity index (χ4v) is 2.06. The third kappa shape index (κ3) is 4.94. The van der Waals surface area contributed by atoms with Crippen LogP contribution in [0.2, 0.25) is 0 Å². The fraction of sp³-hybridized carbons (Fsp3) is 0.667. The van der Waals surface area contributed by atoms with Crippen LogP contribution in [0.15, 0.2) is 18.3 Å². The molecule has 0 fully saturated rings. The molecule has 1 heterocycles. The molecule has 0 atom stereocenters. The van der Waals surface area contributed by atoms with E-state index in [1.165, 1.54) is 32.1 Å². The number of aromatic nitrogens is 1. The molecular weight excluding hydrogens is 226 g/mol. The predicted octanol–water partition coefficient (Wildman–Crippen LogP) is 4.03. The lowest BCUT2D eigenvalue weighted by Crippen LogP contribution is -2.11. The monoisotopic (exact) mass is 251 g/mol. The first-order valence-electron chi connectivity index (χ1n) is 7.11. The molecule has 0 amide bonds.